The van der Waals surface area contributed by atoms with Crippen LogP contribution < -0.4 is 0 Å². The van der Waals surface area contributed by atoms with Gasteiger partial charge in [-0.1, -0.05) is 46.0 Å². The van der Waals surface area contributed by atoms with Gasteiger partial charge in [0.1, 0.15) is 0 Å². The first-order valence-electron chi connectivity index (χ1n) is 7.81. The van der Waals surface area contributed by atoms with E-state index >= 15 is 0 Å². The van der Waals surface area contributed by atoms with Gasteiger partial charge in [-0.3, -0.25) is 4.79 Å². The minimum absolute atomic E-state index is 0.00126. The van der Waals surface area contributed by atoms with Gasteiger partial charge in [-0.05, 0) is 31.8 Å². The molecule has 3 heteroatoms. The molecule has 0 aromatic rings. The van der Waals surface area contributed by atoms with Crippen LogP contribution in [-0.4, -0.2) is 38.1 Å². The van der Waals surface area contributed by atoms with Crippen molar-refractivity contribution in [2.24, 2.45) is 17.8 Å². The Morgan fingerprint density at radius 3 is 2.42 bits per heavy atom. The molecule has 1 aliphatic carbocycles. The maximum absolute atomic E-state index is 11.7. The predicted molar refractivity (Wildman–Crippen MR) is 79.0 cm³/mol. The quantitative estimate of drug-likeness (QED) is 0.664. The van der Waals surface area contributed by atoms with Crippen molar-refractivity contribution in [3.8, 4) is 0 Å². The average Bonchev–Trinajstić information content (AvgIpc) is 2.42. The van der Waals surface area contributed by atoms with E-state index in [1.54, 1.807) is 0 Å². The molecule has 1 aliphatic rings. The lowest BCUT2D eigenvalue weighted by Crippen LogP contribution is -2.35. The number of hydrogen-bond donors (Lipinski definition) is 0. The molecule has 0 heterocycles. The van der Waals surface area contributed by atoms with E-state index in [-0.39, 0.29) is 11.9 Å². The topological polar surface area (TPSA) is 29.5 Å². The normalized spacial score (nSPS) is 18.8. The molecular weight excluding hydrogens is 238 g/mol. The molecule has 0 radical (unpaired) electrons. The van der Waals surface area contributed by atoms with E-state index in [0.717, 1.165) is 19.0 Å². The van der Waals surface area contributed by atoms with Crippen LogP contribution in [0.25, 0.3) is 0 Å². The third kappa shape index (κ3) is 5.94. The van der Waals surface area contributed by atoms with Crippen LogP contribution in [0.15, 0.2) is 0 Å². The number of carbonyl (C=O) groups excluding carboxylic acids is 1. The molecule has 1 unspecified atom stereocenters. The van der Waals surface area contributed by atoms with Gasteiger partial charge >= 0.3 is 5.97 Å². The van der Waals surface area contributed by atoms with Crippen LogP contribution in [0.3, 0.4) is 0 Å². The van der Waals surface area contributed by atoms with E-state index in [2.05, 4.69) is 25.8 Å². The zero-order valence-corrected chi connectivity index (χ0v) is 13.2. The number of esters is 1. The Labute approximate surface area is 118 Å². The van der Waals surface area contributed by atoms with Crippen molar-refractivity contribution in [2.75, 3.05) is 27.2 Å². The maximum Gasteiger partial charge on any atom is 0.310 e. The molecule has 1 rings (SSSR count). The van der Waals surface area contributed by atoms with Crippen molar-refractivity contribution in [3.05, 3.63) is 0 Å². The molecule has 0 aromatic carbocycles. The summed E-state index contributed by atoms with van der Waals surface area (Å²) in [5.41, 5.74) is 0. The standard InChI is InChI=1S/C16H31NO2/c1-13(2)15(16(18)19-4)12-17(3)11-10-14-8-6-5-7-9-14/h13-15H,5-12H2,1-4H3. The van der Waals surface area contributed by atoms with Gasteiger partial charge in [0.05, 0.1) is 13.0 Å². The van der Waals surface area contributed by atoms with Gasteiger partial charge < -0.3 is 9.64 Å². The zero-order valence-electron chi connectivity index (χ0n) is 13.2. The molecule has 1 fully saturated rings. The van der Waals surface area contributed by atoms with Gasteiger partial charge in [0.15, 0.2) is 0 Å². The fourth-order valence-corrected chi connectivity index (χ4v) is 3.01. The smallest absolute Gasteiger partial charge is 0.310 e. The second-order valence-electron chi connectivity index (χ2n) is 6.43. The molecule has 1 saturated carbocycles. The summed E-state index contributed by atoms with van der Waals surface area (Å²) in [6, 6.07) is 0. The van der Waals surface area contributed by atoms with E-state index in [0.29, 0.717) is 5.92 Å². The number of rotatable bonds is 7. The van der Waals surface area contributed by atoms with Gasteiger partial charge in [0, 0.05) is 6.54 Å². The molecule has 1 atom stereocenters. The van der Waals surface area contributed by atoms with Gasteiger partial charge in [0.25, 0.3) is 0 Å². The Kier molecular flexibility index (Phi) is 7.44. The monoisotopic (exact) mass is 269 g/mol. The van der Waals surface area contributed by atoms with Crippen LogP contribution in [0.1, 0.15) is 52.4 Å². The maximum atomic E-state index is 11.7. The van der Waals surface area contributed by atoms with E-state index in [1.165, 1.54) is 45.6 Å². The van der Waals surface area contributed by atoms with Crippen molar-refractivity contribution in [2.45, 2.75) is 52.4 Å². The van der Waals surface area contributed by atoms with E-state index in [9.17, 15) is 4.79 Å². The summed E-state index contributed by atoms with van der Waals surface area (Å²) in [5, 5.41) is 0. The zero-order chi connectivity index (χ0) is 14.3. The van der Waals surface area contributed by atoms with E-state index < -0.39 is 0 Å². The Hall–Kier alpha value is -0.570. The van der Waals surface area contributed by atoms with Crippen LogP contribution in [0, 0.1) is 17.8 Å². The van der Waals surface area contributed by atoms with E-state index in [4.69, 9.17) is 4.74 Å². The lowest BCUT2D eigenvalue weighted by Gasteiger charge is -2.27. The van der Waals surface area contributed by atoms with Crippen LogP contribution >= 0.6 is 0 Å². The highest BCUT2D eigenvalue weighted by Gasteiger charge is 2.24. The molecular formula is C16H31NO2. The summed E-state index contributed by atoms with van der Waals surface area (Å²) in [7, 11) is 3.61. The molecule has 0 bridgehead atoms. The number of ether oxygens (including phenoxy) is 1. The third-order valence-electron chi connectivity index (χ3n) is 4.46. The molecule has 3 nitrogen and oxygen atoms in total. The number of nitrogens with zero attached hydrogens (tertiary/aromatic N) is 1. The summed E-state index contributed by atoms with van der Waals surface area (Å²) < 4.78 is 4.90. The first-order chi connectivity index (χ1) is 9.04. The van der Waals surface area contributed by atoms with Gasteiger partial charge in [-0.15, -0.1) is 0 Å². The summed E-state index contributed by atoms with van der Waals surface area (Å²) in [6.45, 7) is 6.11. The summed E-state index contributed by atoms with van der Waals surface area (Å²) in [4.78, 5) is 14.0. The van der Waals surface area contributed by atoms with Crippen molar-refractivity contribution in [3.63, 3.8) is 0 Å². The summed E-state index contributed by atoms with van der Waals surface area (Å²) in [6.07, 6.45) is 8.32. The molecule has 19 heavy (non-hydrogen) atoms. The lowest BCUT2D eigenvalue weighted by atomic mass is 9.87. The highest BCUT2D eigenvalue weighted by molar-refractivity contribution is 5.72. The van der Waals surface area contributed by atoms with Crippen molar-refractivity contribution < 1.29 is 9.53 Å². The van der Waals surface area contributed by atoms with Crippen LogP contribution in [-0.2, 0) is 9.53 Å². The molecule has 0 saturated heterocycles. The Bertz CT molecular complexity index is 259. The highest BCUT2D eigenvalue weighted by Crippen LogP contribution is 2.26. The second-order valence-corrected chi connectivity index (χ2v) is 6.43. The lowest BCUT2D eigenvalue weighted by molar-refractivity contribution is -0.147. The summed E-state index contributed by atoms with van der Waals surface area (Å²) >= 11 is 0. The first kappa shape index (κ1) is 16.5. The van der Waals surface area contributed by atoms with Crippen LogP contribution in [0.2, 0.25) is 0 Å². The first-order valence-corrected chi connectivity index (χ1v) is 7.81. The Balaban J connectivity index is 2.31. The van der Waals surface area contributed by atoms with Crippen molar-refractivity contribution >= 4 is 5.97 Å². The molecule has 0 amide bonds. The van der Waals surface area contributed by atoms with Crippen molar-refractivity contribution in [1.82, 2.24) is 4.90 Å². The molecule has 112 valence electrons. The highest BCUT2D eigenvalue weighted by atomic mass is 16.5. The molecule has 0 aromatic heterocycles. The number of methoxy groups -OCH3 is 1. The second kappa shape index (κ2) is 8.57. The molecule has 0 spiro atoms. The van der Waals surface area contributed by atoms with Crippen LogP contribution in [0.5, 0.6) is 0 Å². The van der Waals surface area contributed by atoms with Gasteiger partial charge in [-0.25, -0.2) is 0 Å². The van der Waals surface area contributed by atoms with Gasteiger partial charge in [0.2, 0.25) is 0 Å². The van der Waals surface area contributed by atoms with Gasteiger partial charge in [-0.2, -0.15) is 0 Å². The molecule has 0 N–H and O–H groups in total. The average molecular weight is 269 g/mol. The Morgan fingerprint density at radius 1 is 1.26 bits per heavy atom. The minimum Gasteiger partial charge on any atom is -0.469 e. The number of carbonyl (C=O) groups is 1. The largest absolute Gasteiger partial charge is 0.469 e. The Morgan fingerprint density at radius 2 is 1.89 bits per heavy atom. The van der Waals surface area contributed by atoms with Crippen molar-refractivity contribution in [1.29, 1.82) is 0 Å². The fraction of sp³-hybridized carbons (Fsp3) is 0.938. The SMILES string of the molecule is COC(=O)C(CN(C)CCC1CCCCC1)C(C)C. The van der Waals surface area contributed by atoms with Crippen LogP contribution in [0.4, 0.5) is 0 Å². The summed E-state index contributed by atoms with van der Waals surface area (Å²) in [5.74, 6) is 1.18. The predicted octanol–water partition coefficient (Wildman–Crippen LogP) is 3.33. The minimum atomic E-state index is -0.0699. The van der Waals surface area contributed by atoms with E-state index in [1.807, 2.05) is 0 Å². The third-order valence-corrected chi connectivity index (χ3v) is 4.46. The number of hydrogen-bond acceptors (Lipinski definition) is 3. The molecule has 0 aliphatic heterocycles. The fourth-order valence-electron chi connectivity index (χ4n) is 3.01.